The van der Waals surface area contributed by atoms with Gasteiger partial charge in [0.15, 0.2) is 11.9 Å². The number of nitrogens with zero attached hydrogens (tertiary/aromatic N) is 3. The number of carbonyl (C=O) groups excluding carboxylic acids is 1. The Morgan fingerprint density at radius 1 is 1.07 bits per heavy atom. The van der Waals surface area contributed by atoms with Crippen molar-refractivity contribution in [2.24, 2.45) is 0 Å². The zero-order valence-electron chi connectivity index (χ0n) is 17.8. The lowest BCUT2D eigenvalue weighted by Gasteiger charge is -2.17. The van der Waals surface area contributed by atoms with Gasteiger partial charge in [-0.3, -0.25) is 4.79 Å². The van der Waals surface area contributed by atoms with E-state index >= 15 is 0 Å². The van der Waals surface area contributed by atoms with Crippen molar-refractivity contribution in [2.75, 3.05) is 5.32 Å². The molecule has 0 saturated heterocycles. The van der Waals surface area contributed by atoms with Crippen molar-refractivity contribution in [3.63, 3.8) is 0 Å². The molecule has 3 aromatic rings. The van der Waals surface area contributed by atoms with E-state index in [1.807, 2.05) is 56.3 Å². The number of benzene rings is 2. The van der Waals surface area contributed by atoms with Crippen molar-refractivity contribution in [2.45, 2.75) is 59.1 Å². The number of amides is 1. The van der Waals surface area contributed by atoms with Crippen LogP contribution in [-0.2, 0) is 17.8 Å². The lowest BCUT2D eigenvalue weighted by molar-refractivity contribution is -0.122. The Morgan fingerprint density at radius 3 is 2.67 bits per heavy atom. The van der Waals surface area contributed by atoms with E-state index in [1.54, 1.807) is 6.92 Å². The van der Waals surface area contributed by atoms with Crippen LogP contribution in [0.1, 0.15) is 43.1 Å². The first-order valence-corrected chi connectivity index (χ1v) is 10.6. The Morgan fingerprint density at radius 2 is 1.87 bits per heavy atom. The molecule has 1 aliphatic heterocycles. The zero-order valence-corrected chi connectivity index (χ0v) is 17.8. The van der Waals surface area contributed by atoms with E-state index in [1.165, 1.54) is 12.8 Å². The second-order valence-electron chi connectivity index (χ2n) is 7.93. The molecule has 0 bridgehead atoms. The first-order valence-electron chi connectivity index (χ1n) is 10.6. The highest BCUT2D eigenvalue weighted by Crippen LogP contribution is 2.25. The number of nitrogens with one attached hydrogen (secondary N) is 1. The molecule has 1 aliphatic rings. The topological polar surface area (TPSA) is 69.0 Å². The number of aryl methyl sites for hydroxylation is 2. The van der Waals surface area contributed by atoms with Gasteiger partial charge in [0.25, 0.3) is 5.91 Å². The Balaban J connectivity index is 1.43. The minimum Gasteiger partial charge on any atom is -0.481 e. The van der Waals surface area contributed by atoms with E-state index in [0.717, 1.165) is 59.2 Å². The zero-order chi connectivity index (χ0) is 21.1. The maximum atomic E-state index is 12.6. The summed E-state index contributed by atoms with van der Waals surface area (Å²) < 4.78 is 8.11. The van der Waals surface area contributed by atoms with Crippen LogP contribution in [0.4, 0.5) is 5.69 Å². The smallest absolute Gasteiger partial charge is 0.265 e. The number of hydrogen-bond acceptors (Lipinski definition) is 4. The third-order valence-corrected chi connectivity index (χ3v) is 5.75. The van der Waals surface area contributed by atoms with Crippen LogP contribution in [0.15, 0.2) is 42.5 Å². The summed E-state index contributed by atoms with van der Waals surface area (Å²) in [6.45, 7) is 6.75. The quantitative estimate of drug-likeness (QED) is 0.670. The lowest BCUT2D eigenvalue weighted by Crippen LogP contribution is -2.30. The minimum absolute atomic E-state index is 0.181. The molecule has 0 fully saturated rings. The first-order chi connectivity index (χ1) is 14.5. The largest absolute Gasteiger partial charge is 0.481 e. The highest BCUT2D eigenvalue weighted by Gasteiger charge is 2.18. The van der Waals surface area contributed by atoms with Gasteiger partial charge >= 0.3 is 0 Å². The Kier molecular flexibility index (Phi) is 5.84. The van der Waals surface area contributed by atoms with Crippen LogP contribution in [0.5, 0.6) is 5.75 Å². The summed E-state index contributed by atoms with van der Waals surface area (Å²) >= 11 is 0. The molecular weight excluding hydrogens is 376 g/mol. The molecule has 4 rings (SSSR count). The molecule has 1 unspecified atom stereocenters. The molecule has 1 aromatic heterocycles. The highest BCUT2D eigenvalue weighted by molar-refractivity contribution is 5.94. The molecule has 6 heteroatoms. The molecule has 2 heterocycles. The van der Waals surface area contributed by atoms with Crippen molar-refractivity contribution < 1.29 is 9.53 Å². The number of rotatable bonds is 5. The maximum absolute atomic E-state index is 12.6. The van der Waals surface area contributed by atoms with Crippen molar-refractivity contribution in [3.05, 3.63) is 59.4 Å². The molecule has 156 valence electrons. The number of ether oxygens (including phenoxy) is 1. The van der Waals surface area contributed by atoms with Gasteiger partial charge in [0.05, 0.1) is 0 Å². The predicted octanol–water partition coefficient (Wildman–Crippen LogP) is 4.69. The van der Waals surface area contributed by atoms with Crippen molar-refractivity contribution in [3.8, 4) is 17.1 Å². The number of carbonyl (C=O) groups is 1. The van der Waals surface area contributed by atoms with Gasteiger partial charge in [-0.15, -0.1) is 10.2 Å². The summed E-state index contributed by atoms with van der Waals surface area (Å²) in [4.78, 5) is 12.6. The third-order valence-electron chi connectivity index (χ3n) is 5.75. The van der Waals surface area contributed by atoms with Crippen LogP contribution in [0, 0.1) is 13.8 Å². The molecule has 2 aromatic carbocycles. The molecule has 0 radical (unpaired) electrons. The van der Waals surface area contributed by atoms with Gasteiger partial charge in [-0.05, 0) is 75.1 Å². The number of hydrogen-bond donors (Lipinski definition) is 1. The SMILES string of the molecule is Cc1cccc(OC(C)C(=O)Nc2ccc(-c3nnc4n3CCCCC4)cc2)c1C. The highest BCUT2D eigenvalue weighted by atomic mass is 16.5. The summed E-state index contributed by atoms with van der Waals surface area (Å²) in [7, 11) is 0. The van der Waals surface area contributed by atoms with E-state index in [2.05, 4.69) is 20.1 Å². The van der Waals surface area contributed by atoms with Crippen LogP contribution in [-0.4, -0.2) is 26.8 Å². The fourth-order valence-corrected chi connectivity index (χ4v) is 3.74. The Bertz CT molecular complexity index is 1040. The summed E-state index contributed by atoms with van der Waals surface area (Å²) in [5.74, 6) is 2.52. The van der Waals surface area contributed by atoms with Crippen LogP contribution < -0.4 is 10.1 Å². The summed E-state index contributed by atoms with van der Waals surface area (Å²) in [5.41, 5.74) is 3.93. The van der Waals surface area contributed by atoms with Gasteiger partial charge in [-0.25, -0.2) is 0 Å². The number of fused-ring (bicyclic) bond motifs is 1. The molecule has 1 amide bonds. The first kappa shape index (κ1) is 20.1. The van der Waals surface area contributed by atoms with Crippen molar-refractivity contribution in [1.82, 2.24) is 14.8 Å². The molecule has 30 heavy (non-hydrogen) atoms. The van der Waals surface area contributed by atoms with Crippen molar-refractivity contribution in [1.29, 1.82) is 0 Å². The van der Waals surface area contributed by atoms with Gasteiger partial charge in [0.2, 0.25) is 0 Å². The normalized spacial score (nSPS) is 14.5. The summed E-state index contributed by atoms with van der Waals surface area (Å²) in [5, 5.41) is 11.7. The molecule has 6 nitrogen and oxygen atoms in total. The van der Waals surface area contributed by atoms with E-state index in [-0.39, 0.29) is 5.91 Å². The molecule has 1 N–H and O–H groups in total. The molecular formula is C24H28N4O2. The fraction of sp³-hybridized carbons (Fsp3) is 0.375. The number of aromatic nitrogens is 3. The average Bonchev–Trinajstić information content (AvgIpc) is 3.00. The molecule has 0 aliphatic carbocycles. The Labute approximate surface area is 177 Å². The summed E-state index contributed by atoms with van der Waals surface area (Å²) in [6, 6.07) is 13.6. The van der Waals surface area contributed by atoms with E-state index in [9.17, 15) is 4.79 Å². The van der Waals surface area contributed by atoms with E-state index in [4.69, 9.17) is 4.74 Å². The maximum Gasteiger partial charge on any atom is 0.265 e. The van der Waals surface area contributed by atoms with Crippen LogP contribution in [0.25, 0.3) is 11.4 Å². The van der Waals surface area contributed by atoms with Crippen LogP contribution in [0.3, 0.4) is 0 Å². The van der Waals surface area contributed by atoms with Crippen LogP contribution in [0.2, 0.25) is 0 Å². The standard InChI is InChI=1S/C24H28N4O2/c1-16-8-7-9-21(17(16)2)30-18(3)24(29)25-20-13-11-19(12-14-20)23-27-26-22-10-5-4-6-15-28(22)23/h7-9,11-14,18H,4-6,10,15H2,1-3H3,(H,25,29). The van der Waals surface area contributed by atoms with Gasteiger partial charge < -0.3 is 14.6 Å². The Hall–Kier alpha value is -3.15. The minimum atomic E-state index is -0.600. The lowest BCUT2D eigenvalue weighted by atomic mass is 10.1. The number of anilines is 1. The monoisotopic (exact) mass is 404 g/mol. The van der Waals surface area contributed by atoms with Crippen molar-refractivity contribution >= 4 is 11.6 Å². The second-order valence-corrected chi connectivity index (χ2v) is 7.93. The van der Waals surface area contributed by atoms with Gasteiger partial charge in [0.1, 0.15) is 11.6 Å². The third kappa shape index (κ3) is 4.22. The molecule has 0 spiro atoms. The average molecular weight is 405 g/mol. The van der Waals surface area contributed by atoms with E-state index < -0.39 is 6.10 Å². The van der Waals surface area contributed by atoms with Gasteiger partial charge in [0, 0.05) is 24.2 Å². The second kappa shape index (κ2) is 8.69. The van der Waals surface area contributed by atoms with Crippen LogP contribution >= 0.6 is 0 Å². The summed E-state index contributed by atoms with van der Waals surface area (Å²) in [6.07, 6.45) is 3.95. The van der Waals surface area contributed by atoms with Gasteiger partial charge in [-0.2, -0.15) is 0 Å². The predicted molar refractivity (Wildman–Crippen MR) is 118 cm³/mol. The molecule has 0 saturated carbocycles. The van der Waals surface area contributed by atoms with Gasteiger partial charge in [-0.1, -0.05) is 18.6 Å². The fourth-order valence-electron chi connectivity index (χ4n) is 3.74. The molecule has 1 atom stereocenters. The van der Waals surface area contributed by atoms with E-state index in [0.29, 0.717) is 0 Å².